The SMILES string of the molecule is COc1cc(-c2cc(CN(C[C@@H]3CCCO3)C(=O)CCc3ccccc3)no2)cc(OC)c1OC. The van der Waals surface area contributed by atoms with E-state index in [-0.39, 0.29) is 12.0 Å². The minimum Gasteiger partial charge on any atom is -0.493 e. The molecule has 1 aliphatic heterocycles. The van der Waals surface area contributed by atoms with Crippen molar-refractivity contribution in [2.75, 3.05) is 34.5 Å². The molecule has 1 fully saturated rings. The molecule has 1 atom stereocenters. The Kier molecular flexibility index (Phi) is 8.26. The van der Waals surface area contributed by atoms with Crippen molar-refractivity contribution >= 4 is 5.91 Å². The molecule has 8 heteroatoms. The molecule has 0 N–H and O–H groups in total. The molecule has 2 aromatic carbocycles. The number of carbonyl (C=O) groups excluding carboxylic acids is 1. The molecule has 3 aromatic rings. The van der Waals surface area contributed by atoms with Crippen molar-refractivity contribution in [2.24, 2.45) is 0 Å². The van der Waals surface area contributed by atoms with Gasteiger partial charge in [-0.15, -0.1) is 0 Å². The van der Waals surface area contributed by atoms with Gasteiger partial charge in [0.15, 0.2) is 17.3 Å². The van der Waals surface area contributed by atoms with Crippen molar-refractivity contribution in [2.45, 2.75) is 38.3 Å². The number of amides is 1. The summed E-state index contributed by atoms with van der Waals surface area (Å²) in [5.41, 5.74) is 2.54. The van der Waals surface area contributed by atoms with Gasteiger partial charge in [0.25, 0.3) is 0 Å². The van der Waals surface area contributed by atoms with Crippen LogP contribution in [0.5, 0.6) is 17.2 Å². The second-order valence-electron chi connectivity index (χ2n) is 8.49. The average molecular weight is 481 g/mol. The lowest BCUT2D eigenvalue weighted by Gasteiger charge is -2.24. The zero-order chi connectivity index (χ0) is 24.6. The highest BCUT2D eigenvalue weighted by molar-refractivity contribution is 5.76. The van der Waals surface area contributed by atoms with Crippen molar-refractivity contribution in [1.82, 2.24) is 10.1 Å². The number of hydrogen-bond donors (Lipinski definition) is 0. The maximum atomic E-state index is 13.2. The molecule has 2 heterocycles. The molecule has 4 rings (SSSR count). The van der Waals surface area contributed by atoms with Crippen molar-refractivity contribution < 1.29 is 28.3 Å². The highest BCUT2D eigenvalue weighted by Gasteiger charge is 2.24. The number of ether oxygens (including phenoxy) is 4. The van der Waals surface area contributed by atoms with Crippen LogP contribution in [0, 0.1) is 0 Å². The molecule has 1 aliphatic rings. The van der Waals surface area contributed by atoms with E-state index in [9.17, 15) is 4.79 Å². The molecular weight excluding hydrogens is 448 g/mol. The molecule has 0 radical (unpaired) electrons. The quantitative estimate of drug-likeness (QED) is 0.399. The highest BCUT2D eigenvalue weighted by atomic mass is 16.5. The average Bonchev–Trinajstić information content (AvgIpc) is 3.59. The van der Waals surface area contributed by atoms with Crippen LogP contribution in [0.25, 0.3) is 11.3 Å². The van der Waals surface area contributed by atoms with Crippen LogP contribution in [0.15, 0.2) is 53.1 Å². The Balaban J connectivity index is 1.50. The molecule has 8 nitrogen and oxygen atoms in total. The topological polar surface area (TPSA) is 83.3 Å². The molecular formula is C27H32N2O6. The van der Waals surface area contributed by atoms with Gasteiger partial charge in [-0.1, -0.05) is 35.5 Å². The number of carbonyl (C=O) groups is 1. The number of aromatic nitrogens is 1. The Morgan fingerprint density at radius 3 is 2.43 bits per heavy atom. The molecule has 0 bridgehead atoms. The van der Waals surface area contributed by atoms with E-state index in [1.807, 2.05) is 41.3 Å². The van der Waals surface area contributed by atoms with Crippen LogP contribution in [0.1, 0.15) is 30.5 Å². The van der Waals surface area contributed by atoms with Gasteiger partial charge in [0.1, 0.15) is 5.69 Å². The molecule has 1 amide bonds. The van der Waals surface area contributed by atoms with E-state index < -0.39 is 0 Å². The van der Waals surface area contributed by atoms with E-state index in [2.05, 4.69) is 5.16 Å². The zero-order valence-electron chi connectivity index (χ0n) is 20.5. The molecule has 35 heavy (non-hydrogen) atoms. The summed E-state index contributed by atoms with van der Waals surface area (Å²) >= 11 is 0. The monoisotopic (exact) mass is 480 g/mol. The Bertz CT molecular complexity index is 1080. The predicted octanol–water partition coefficient (Wildman–Crippen LogP) is 4.51. The van der Waals surface area contributed by atoms with E-state index in [1.165, 1.54) is 0 Å². The first-order chi connectivity index (χ1) is 17.1. The van der Waals surface area contributed by atoms with Crippen LogP contribution in [-0.2, 0) is 22.5 Å². The predicted molar refractivity (Wildman–Crippen MR) is 131 cm³/mol. The summed E-state index contributed by atoms with van der Waals surface area (Å²) in [5.74, 6) is 2.17. The minimum absolute atomic E-state index is 0.0529. The number of methoxy groups -OCH3 is 3. The maximum Gasteiger partial charge on any atom is 0.223 e. The van der Waals surface area contributed by atoms with Gasteiger partial charge in [-0.3, -0.25) is 4.79 Å². The number of hydrogen-bond acceptors (Lipinski definition) is 7. The third-order valence-electron chi connectivity index (χ3n) is 6.13. The molecule has 0 unspecified atom stereocenters. The minimum atomic E-state index is 0.0529. The largest absolute Gasteiger partial charge is 0.493 e. The van der Waals surface area contributed by atoms with E-state index in [1.54, 1.807) is 33.5 Å². The van der Waals surface area contributed by atoms with E-state index in [0.717, 1.165) is 30.6 Å². The lowest BCUT2D eigenvalue weighted by atomic mass is 10.1. The van der Waals surface area contributed by atoms with Crippen LogP contribution in [0.2, 0.25) is 0 Å². The third kappa shape index (κ3) is 6.14. The van der Waals surface area contributed by atoms with E-state index in [0.29, 0.717) is 54.6 Å². The first-order valence-corrected chi connectivity index (χ1v) is 11.8. The molecule has 0 spiro atoms. The highest BCUT2D eigenvalue weighted by Crippen LogP contribution is 2.41. The van der Waals surface area contributed by atoms with Crippen molar-refractivity contribution in [1.29, 1.82) is 0 Å². The molecule has 1 aromatic heterocycles. The summed E-state index contributed by atoms with van der Waals surface area (Å²) < 4.78 is 27.7. The molecule has 0 saturated carbocycles. The molecule has 1 saturated heterocycles. The van der Waals surface area contributed by atoms with Crippen molar-refractivity contribution in [3.63, 3.8) is 0 Å². The first-order valence-electron chi connectivity index (χ1n) is 11.8. The Hall–Kier alpha value is -3.52. The standard InChI is InChI=1S/C27H32N2O6/c1-31-24-14-20(15-25(32-2)27(24)33-3)23-16-21(28-35-23)17-29(18-22-10-7-13-34-22)26(30)12-11-19-8-5-4-6-9-19/h4-6,8-9,14-16,22H,7,10-13,17-18H2,1-3H3/t22-/m0/s1. The van der Waals surface area contributed by atoms with Crippen LogP contribution in [0.4, 0.5) is 0 Å². The van der Waals surface area contributed by atoms with Crippen LogP contribution < -0.4 is 14.2 Å². The zero-order valence-corrected chi connectivity index (χ0v) is 20.5. The fourth-order valence-corrected chi connectivity index (χ4v) is 4.28. The second kappa shape index (κ2) is 11.8. The van der Waals surface area contributed by atoms with Crippen LogP contribution in [-0.4, -0.2) is 56.5 Å². The molecule has 186 valence electrons. The van der Waals surface area contributed by atoms with E-state index >= 15 is 0 Å². The second-order valence-corrected chi connectivity index (χ2v) is 8.49. The fourth-order valence-electron chi connectivity index (χ4n) is 4.28. The summed E-state index contributed by atoms with van der Waals surface area (Å²) in [6, 6.07) is 15.5. The lowest BCUT2D eigenvalue weighted by molar-refractivity contribution is -0.133. The number of rotatable bonds is 11. The molecule has 0 aliphatic carbocycles. The van der Waals surface area contributed by atoms with Gasteiger partial charge >= 0.3 is 0 Å². The summed E-state index contributed by atoms with van der Waals surface area (Å²) in [7, 11) is 4.69. The van der Waals surface area contributed by atoms with Gasteiger partial charge in [0, 0.05) is 31.2 Å². The summed E-state index contributed by atoms with van der Waals surface area (Å²) in [5, 5.41) is 4.24. The van der Waals surface area contributed by atoms with Gasteiger partial charge < -0.3 is 28.4 Å². The fraction of sp³-hybridized carbons (Fsp3) is 0.407. The van der Waals surface area contributed by atoms with Crippen molar-refractivity contribution in [3.8, 4) is 28.6 Å². The normalized spacial score (nSPS) is 15.1. The van der Waals surface area contributed by atoms with Gasteiger partial charge in [0.2, 0.25) is 11.7 Å². The van der Waals surface area contributed by atoms with Gasteiger partial charge in [-0.05, 0) is 37.0 Å². The lowest BCUT2D eigenvalue weighted by Crippen LogP contribution is -2.37. The summed E-state index contributed by atoms with van der Waals surface area (Å²) in [6.45, 7) is 1.63. The first kappa shape index (κ1) is 24.6. The Morgan fingerprint density at radius 2 is 1.80 bits per heavy atom. The smallest absolute Gasteiger partial charge is 0.223 e. The third-order valence-corrected chi connectivity index (χ3v) is 6.13. The maximum absolute atomic E-state index is 13.2. The van der Waals surface area contributed by atoms with Gasteiger partial charge in [0.05, 0.1) is 34.0 Å². The van der Waals surface area contributed by atoms with Crippen molar-refractivity contribution in [3.05, 3.63) is 59.8 Å². The number of nitrogens with zero attached hydrogens (tertiary/aromatic N) is 2. The van der Waals surface area contributed by atoms with E-state index in [4.69, 9.17) is 23.5 Å². The number of benzene rings is 2. The van der Waals surface area contributed by atoms with Gasteiger partial charge in [-0.2, -0.15) is 0 Å². The number of aryl methyl sites for hydroxylation is 1. The van der Waals surface area contributed by atoms with Crippen LogP contribution in [0.3, 0.4) is 0 Å². The van der Waals surface area contributed by atoms with Crippen LogP contribution >= 0.6 is 0 Å². The Labute approximate surface area is 205 Å². The van der Waals surface area contributed by atoms with Gasteiger partial charge in [-0.25, -0.2) is 0 Å². The summed E-state index contributed by atoms with van der Waals surface area (Å²) in [6.07, 6.45) is 3.15. The Morgan fingerprint density at radius 1 is 1.06 bits per heavy atom. The summed E-state index contributed by atoms with van der Waals surface area (Å²) in [4.78, 5) is 15.0.